The fraction of sp³-hybridized carbons (Fsp3) is 0.241. The van der Waals surface area contributed by atoms with Gasteiger partial charge in [0.15, 0.2) is 15.4 Å². The molecule has 1 aliphatic rings. The Labute approximate surface area is 245 Å². The molecule has 1 aliphatic carbocycles. The Morgan fingerprint density at radius 1 is 1.00 bits per heavy atom. The number of benzene rings is 2. The first-order valence-corrected chi connectivity index (χ1v) is 14.8. The molecule has 3 heterocycles. The molecule has 44 heavy (non-hydrogen) atoms. The van der Waals surface area contributed by atoms with Crippen molar-refractivity contribution in [3.63, 3.8) is 0 Å². The van der Waals surface area contributed by atoms with Crippen LogP contribution in [0.4, 0.5) is 22.0 Å². The number of oxazole rings is 1. The van der Waals surface area contributed by atoms with Crippen molar-refractivity contribution in [1.29, 1.82) is 5.26 Å². The lowest BCUT2D eigenvalue weighted by Crippen LogP contribution is -2.33. The van der Waals surface area contributed by atoms with E-state index in [-0.39, 0.29) is 33.3 Å². The Morgan fingerprint density at radius 2 is 1.73 bits per heavy atom. The van der Waals surface area contributed by atoms with Gasteiger partial charge in [-0.15, -0.1) is 0 Å². The highest BCUT2D eigenvalue weighted by molar-refractivity contribution is 7.91. The van der Waals surface area contributed by atoms with Gasteiger partial charge in [-0.3, -0.25) is 9.13 Å². The Balaban J connectivity index is 1.46. The zero-order valence-electron chi connectivity index (χ0n) is 22.6. The molecule has 3 aromatic heterocycles. The van der Waals surface area contributed by atoms with Crippen molar-refractivity contribution in [2.24, 2.45) is 0 Å². The highest BCUT2D eigenvalue weighted by atomic mass is 32.2. The van der Waals surface area contributed by atoms with Gasteiger partial charge in [0.1, 0.15) is 17.0 Å². The van der Waals surface area contributed by atoms with Crippen LogP contribution in [0, 0.1) is 11.3 Å². The van der Waals surface area contributed by atoms with Crippen LogP contribution in [0.15, 0.2) is 81.1 Å². The summed E-state index contributed by atoms with van der Waals surface area (Å²) in [5.41, 5.74) is -2.21. The van der Waals surface area contributed by atoms with Gasteiger partial charge in [-0.1, -0.05) is 19.1 Å². The number of sulfone groups is 1. The summed E-state index contributed by atoms with van der Waals surface area (Å²) in [6, 6.07) is 13.7. The van der Waals surface area contributed by atoms with Gasteiger partial charge in [0.25, 0.3) is 0 Å². The number of rotatable bonds is 7. The summed E-state index contributed by atoms with van der Waals surface area (Å²) in [5, 5.41) is 9.56. The monoisotopic (exact) mass is 629 g/mol. The summed E-state index contributed by atoms with van der Waals surface area (Å²) in [4.78, 5) is 21.4. The van der Waals surface area contributed by atoms with Crippen LogP contribution in [0.2, 0.25) is 0 Å². The van der Waals surface area contributed by atoms with Gasteiger partial charge in [-0.2, -0.15) is 27.2 Å². The number of aromatic nitrogens is 4. The van der Waals surface area contributed by atoms with Crippen LogP contribution in [0.3, 0.4) is 0 Å². The minimum atomic E-state index is -5.86. The minimum absolute atomic E-state index is 0.0443. The molecule has 0 unspecified atom stereocenters. The maximum atomic E-state index is 14.0. The van der Waals surface area contributed by atoms with Gasteiger partial charge < -0.3 is 4.42 Å². The van der Waals surface area contributed by atoms with Crippen molar-refractivity contribution in [1.82, 2.24) is 19.1 Å². The van der Waals surface area contributed by atoms with Crippen molar-refractivity contribution in [2.75, 3.05) is 5.75 Å². The molecule has 0 saturated heterocycles. The molecule has 1 saturated carbocycles. The quantitative estimate of drug-likeness (QED) is 0.208. The molecule has 15 heteroatoms. The third-order valence-corrected chi connectivity index (χ3v) is 9.29. The second-order valence-electron chi connectivity index (χ2n) is 10.3. The number of hydrogen-bond donors (Lipinski definition) is 0. The van der Waals surface area contributed by atoms with Crippen molar-refractivity contribution in [3.05, 3.63) is 88.6 Å². The number of hydrogen-bond acceptors (Lipinski definition) is 7. The normalized spacial score (nSPS) is 14.9. The Hall–Kier alpha value is -4.84. The van der Waals surface area contributed by atoms with E-state index in [0.717, 1.165) is 16.2 Å². The molecule has 0 N–H and O–H groups in total. The van der Waals surface area contributed by atoms with Gasteiger partial charge in [-0.05, 0) is 60.9 Å². The second kappa shape index (κ2) is 9.84. The largest absolute Gasteiger partial charge is 0.458 e. The standard InChI is InChI=1S/C29H20F5N5O4S/c1-2-44(41,42)22-8-9-23(39-13-12-38(26(39)40)19-5-3-4-17(14-19)27(16-35)10-11-27)37-24(22)25-36-20-15-18(6-7-21(20)43-25)28(30,31)29(32,33)34/h3-9,12-15H,2,10-11H2,1H3. The summed E-state index contributed by atoms with van der Waals surface area (Å²) >= 11 is 0. The number of pyridine rings is 1. The average molecular weight is 630 g/mol. The van der Waals surface area contributed by atoms with E-state index >= 15 is 0 Å². The SMILES string of the molecule is CCS(=O)(=O)c1ccc(-n2ccn(-c3cccc(C4(C#N)CC4)c3)c2=O)nc1-c1nc2cc(C(F)(F)C(F)(F)F)ccc2o1. The lowest BCUT2D eigenvalue weighted by Gasteiger charge is -2.19. The predicted octanol–water partition coefficient (Wildman–Crippen LogP) is 5.83. The average Bonchev–Trinajstić information content (AvgIpc) is 3.53. The summed E-state index contributed by atoms with van der Waals surface area (Å²) in [6.07, 6.45) is -1.57. The van der Waals surface area contributed by atoms with Crippen LogP contribution in [0.25, 0.3) is 34.2 Å². The molecule has 0 radical (unpaired) electrons. The third kappa shape index (κ3) is 4.66. The predicted molar refractivity (Wildman–Crippen MR) is 146 cm³/mol. The number of fused-ring (bicyclic) bond motifs is 1. The molecule has 6 rings (SSSR count). The summed E-state index contributed by atoms with van der Waals surface area (Å²) in [7, 11) is -3.98. The first-order chi connectivity index (χ1) is 20.7. The molecule has 0 spiro atoms. The summed E-state index contributed by atoms with van der Waals surface area (Å²) in [6.45, 7) is 1.38. The Kier molecular flexibility index (Phi) is 6.54. The van der Waals surface area contributed by atoms with Crippen molar-refractivity contribution in [3.8, 4) is 29.2 Å². The zero-order chi connectivity index (χ0) is 31.7. The van der Waals surface area contributed by atoms with Crippen LogP contribution < -0.4 is 5.69 Å². The number of imidazole rings is 1. The van der Waals surface area contributed by atoms with E-state index in [2.05, 4.69) is 16.0 Å². The summed E-state index contributed by atoms with van der Waals surface area (Å²) < 4.78 is 101. The fourth-order valence-electron chi connectivity index (χ4n) is 4.81. The lowest BCUT2D eigenvalue weighted by atomic mass is 9.97. The second-order valence-corrected chi connectivity index (χ2v) is 12.5. The third-order valence-electron chi connectivity index (χ3n) is 7.53. The molecular formula is C29H20F5N5O4S. The zero-order valence-corrected chi connectivity index (χ0v) is 23.5. The lowest BCUT2D eigenvalue weighted by molar-refractivity contribution is -0.289. The van der Waals surface area contributed by atoms with Gasteiger partial charge >= 0.3 is 17.8 Å². The van der Waals surface area contributed by atoms with Crippen LogP contribution in [-0.4, -0.2) is 39.4 Å². The van der Waals surface area contributed by atoms with E-state index in [4.69, 9.17) is 4.42 Å². The molecule has 2 aromatic carbocycles. The van der Waals surface area contributed by atoms with Crippen LogP contribution in [0.1, 0.15) is 30.9 Å². The molecular weight excluding hydrogens is 609 g/mol. The van der Waals surface area contributed by atoms with Crippen LogP contribution in [0.5, 0.6) is 0 Å². The van der Waals surface area contributed by atoms with Crippen molar-refractivity contribution in [2.45, 2.75) is 42.2 Å². The first-order valence-electron chi connectivity index (χ1n) is 13.1. The molecule has 5 aromatic rings. The molecule has 0 aliphatic heterocycles. The van der Waals surface area contributed by atoms with Gasteiger partial charge in [0.05, 0.1) is 27.8 Å². The van der Waals surface area contributed by atoms with E-state index < -0.39 is 44.5 Å². The number of nitriles is 1. The van der Waals surface area contributed by atoms with E-state index in [1.54, 1.807) is 18.2 Å². The van der Waals surface area contributed by atoms with Crippen molar-refractivity contribution < 1.29 is 34.8 Å². The van der Waals surface area contributed by atoms with Gasteiger partial charge in [0, 0.05) is 18.0 Å². The van der Waals surface area contributed by atoms with E-state index in [1.165, 1.54) is 36.0 Å². The number of alkyl halides is 5. The summed E-state index contributed by atoms with van der Waals surface area (Å²) in [5.74, 6) is -6.04. The van der Waals surface area contributed by atoms with E-state index in [0.29, 0.717) is 30.7 Å². The van der Waals surface area contributed by atoms with Crippen molar-refractivity contribution >= 4 is 20.9 Å². The topological polar surface area (TPSA) is 124 Å². The highest BCUT2D eigenvalue weighted by Crippen LogP contribution is 2.48. The maximum Gasteiger partial charge on any atom is 0.458 e. The molecule has 0 bridgehead atoms. The number of nitrogens with zero attached hydrogens (tertiary/aromatic N) is 5. The maximum absolute atomic E-state index is 14.0. The Bertz CT molecular complexity index is 2150. The minimum Gasteiger partial charge on any atom is -0.435 e. The molecule has 226 valence electrons. The fourth-order valence-corrected chi connectivity index (χ4v) is 5.82. The highest BCUT2D eigenvalue weighted by Gasteiger charge is 2.58. The molecule has 0 atom stereocenters. The molecule has 9 nitrogen and oxygen atoms in total. The first kappa shape index (κ1) is 29.2. The van der Waals surface area contributed by atoms with Gasteiger partial charge in [-0.25, -0.2) is 23.2 Å². The Morgan fingerprint density at radius 3 is 2.39 bits per heavy atom. The van der Waals surface area contributed by atoms with Gasteiger partial charge in [0.2, 0.25) is 5.89 Å². The smallest absolute Gasteiger partial charge is 0.435 e. The van der Waals surface area contributed by atoms with E-state index in [1.807, 2.05) is 6.07 Å². The van der Waals surface area contributed by atoms with Crippen LogP contribution in [-0.2, 0) is 21.2 Å². The van der Waals surface area contributed by atoms with Crippen LogP contribution >= 0.6 is 0 Å². The molecule has 1 fully saturated rings. The molecule has 0 amide bonds. The number of halogens is 5. The van der Waals surface area contributed by atoms with E-state index in [9.17, 15) is 40.4 Å².